The van der Waals surface area contributed by atoms with Gasteiger partial charge in [-0.15, -0.1) is 0 Å². The topological polar surface area (TPSA) is 318 Å². The van der Waals surface area contributed by atoms with Crippen LogP contribution in [-0.2, 0) is 23.7 Å². The second-order valence-electron chi connectivity index (χ2n) is 14.5. The van der Waals surface area contributed by atoms with E-state index in [0.29, 0.717) is 6.42 Å². The van der Waals surface area contributed by atoms with E-state index in [4.69, 9.17) is 40.2 Å². The summed E-state index contributed by atoms with van der Waals surface area (Å²) in [5.41, 5.74) is 6.88. The number of allylic oxidation sites excluding steroid dienone is 5. The normalized spacial score (nSPS) is 38.9. The molecule has 19 heteroatoms. The zero-order chi connectivity index (χ0) is 40.5. The highest BCUT2D eigenvalue weighted by Crippen LogP contribution is 2.39. The molecule has 3 rings (SSSR count). The maximum atomic E-state index is 11.5. The van der Waals surface area contributed by atoms with E-state index in [9.17, 15) is 40.9 Å². The third-order valence-electron chi connectivity index (χ3n) is 10.1. The number of amidine groups is 1. The van der Waals surface area contributed by atoms with Crippen LogP contribution in [0.2, 0.25) is 0 Å². The van der Waals surface area contributed by atoms with E-state index in [2.05, 4.69) is 48.9 Å². The van der Waals surface area contributed by atoms with Gasteiger partial charge in [0, 0.05) is 6.20 Å². The van der Waals surface area contributed by atoms with Gasteiger partial charge in [0.05, 0.1) is 31.4 Å². The number of hydrogen-bond acceptors (Lipinski definition) is 16. The van der Waals surface area contributed by atoms with Crippen molar-refractivity contribution in [1.29, 1.82) is 10.8 Å². The highest BCUT2D eigenvalue weighted by atomic mass is 16.8. The molecular weight excluding hydrogens is 712 g/mol. The fraction of sp³-hybridized carbons (Fsp3) is 0.771. The van der Waals surface area contributed by atoms with Crippen molar-refractivity contribution in [2.45, 2.75) is 152 Å². The van der Waals surface area contributed by atoms with Gasteiger partial charge in [-0.25, -0.2) is 0 Å². The van der Waals surface area contributed by atoms with Crippen molar-refractivity contribution in [2.24, 2.45) is 5.73 Å². The van der Waals surface area contributed by atoms with Gasteiger partial charge in [0.25, 0.3) is 6.02 Å². The smallest absolute Gasteiger partial charge is 0.286 e. The van der Waals surface area contributed by atoms with Crippen molar-refractivity contribution in [3.63, 3.8) is 0 Å². The molecule has 2 aliphatic heterocycles. The van der Waals surface area contributed by atoms with Gasteiger partial charge >= 0.3 is 0 Å². The molecule has 0 radical (unpaired) electrons. The number of likely N-dealkylation sites (N-methyl/N-ethyl adjacent to an activating group) is 1. The van der Waals surface area contributed by atoms with Gasteiger partial charge < -0.3 is 86.2 Å². The number of aliphatic hydroxyl groups is 8. The quantitative estimate of drug-likeness (QED) is 0.0437. The Balaban J connectivity index is 1.75. The molecule has 0 bridgehead atoms. The Morgan fingerprint density at radius 2 is 1.44 bits per heavy atom. The van der Waals surface area contributed by atoms with Crippen LogP contribution in [0.1, 0.15) is 60.3 Å². The lowest BCUT2D eigenvalue weighted by Crippen LogP contribution is -2.71. The number of aliphatic hydroxyl groups excluding tert-OH is 7. The van der Waals surface area contributed by atoms with E-state index in [-0.39, 0.29) is 0 Å². The first-order valence-electron chi connectivity index (χ1n) is 18.1. The third kappa shape index (κ3) is 11.2. The molecule has 15 unspecified atom stereocenters. The molecule has 15 N–H and O–H groups in total. The summed E-state index contributed by atoms with van der Waals surface area (Å²) < 4.78 is 29.1. The van der Waals surface area contributed by atoms with Crippen LogP contribution in [0.5, 0.6) is 0 Å². The molecule has 0 spiro atoms. The maximum Gasteiger partial charge on any atom is 0.286 e. The van der Waals surface area contributed by atoms with Crippen molar-refractivity contribution < 1.29 is 64.5 Å². The summed E-state index contributed by atoms with van der Waals surface area (Å²) in [6, 6.07) is -3.13. The second kappa shape index (κ2) is 20.4. The van der Waals surface area contributed by atoms with E-state index in [1.54, 1.807) is 6.20 Å². The minimum Gasteiger partial charge on any atom is -0.456 e. The lowest BCUT2D eigenvalue weighted by atomic mass is 9.82. The molecule has 0 amide bonds. The third-order valence-corrected chi connectivity index (χ3v) is 10.1. The highest BCUT2D eigenvalue weighted by molar-refractivity contribution is 5.75. The van der Waals surface area contributed by atoms with Crippen LogP contribution in [-0.4, -0.2) is 164 Å². The van der Waals surface area contributed by atoms with Crippen molar-refractivity contribution in [3.8, 4) is 0 Å². The van der Waals surface area contributed by atoms with Gasteiger partial charge in [-0.1, -0.05) is 28.9 Å². The molecule has 3 aliphatic rings. The second-order valence-corrected chi connectivity index (χ2v) is 14.5. The van der Waals surface area contributed by atoms with Gasteiger partial charge in [0.2, 0.25) is 0 Å². The summed E-state index contributed by atoms with van der Waals surface area (Å²) in [5, 5.41) is 110. The first-order chi connectivity index (χ1) is 25.4. The van der Waals surface area contributed by atoms with Crippen LogP contribution in [0, 0.1) is 10.8 Å². The number of ether oxygens (including phenoxy) is 5. The van der Waals surface area contributed by atoms with Crippen LogP contribution in [0.3, 0.4) is 0 Å². The van der Waals surface area contributed by atoms with Crippen LogP contribution >= 0.6 is 0 Å². The Hall–Kier alpha value is -2.76. The molecule has 0 aromatic carbocycles. The average Bonchev–Trinajstić information content (AvgIpc) is 3.35. The molecule has 1 aliphatic carbocycles. The van der Waals surface area contributed by atoms with Crippen LogP contribution in [0.4, 0.5) is 0 Å². The van der Waals surface area contributed by atoms with Gasteiger partial charge in [0.1, 0.15) is 54.4 Å². The van der Waals surface area contributed by atoms with Crippen molar-refractivity contribution >= 4 is 12.0 Å². The monoisotopic (exact) mass is 774 g/mol. The molecule has 2 saturated heterocycles. The van der Waals surface area contributed by atoms with E-state index >= 15 is 0 Å². The standard InChI is InChI=1S/C35H62N6O13/c1-16(2)9-7-10-17(3)11-8-12-18(4)13-40-34(38)53-29-25(46)21(41-33(36)37)28(26(47)27(29)48)52-32-30(35(49,15-43)19(5)50-32)54-31-22(39-6)24(45)23(44)20(14-42)51-31/h9,11,13,19-32,39,42-49H,7-8,10,12,14-15H2,1-6H3,(H2,38,40)(H4,36,37,41)/b17-11+,18-13+. The lowest BCUT2D eigenvalue weighted by molar-refractivity contribution is -0.319. The summed E-state index contributed by atoms with van der Waals surface area (Å²) in [4.78, 5) is 0. The zero-order valence-corrected chi connectivity index (χ0v) is 31.8. The zero-order valence-electron chi connectivity index (χ0n) is 31.8. The molecule has 0 aromatic heterocycles. The fourth-order valence-corrected chi connectivity index (χ4v) is 6.69. The number of rotatable bonds is 16. The van der Waals surface area contributed by atoms with Crippen LogP contribution in [0.15, 0.2) is 35.1 Å². The number of nitrogens with one attached hydrogen (secondary N) is 5. The van der Waals surface area contributed by atoms with Gasteiger partial charge in [-0.2, -0.15) is 0 Å². The molecule has 19 nitrogen and oxygen atoms in total. The Labute approximate surface area is 315 Å². The van der Waals surface area contributed by atoms with Crippen molar-refractivity contribution in [1.82, 2.24) is 16.0 Å². The van der Waals surface area contributed by atoms with Gasteiger partial charge in [-0.3, -0.25) is 10.8 Å². The minimum atomic E-state index is -2.18. The van der Waals surface area contributed by atoms with Crippen molar-refractivity contribution in [2.75, 3.05) is 20.3 Å². The summed E-state index contributed by atoms with van der Waals surface area (Å²) in [6.07, 6.45) is -9.69. The van der Waals surface area contributed by atoms with E-state index in [1.165, 1.54) is 25.1 Å². The summed E-state index contributed by atoms with van der Waals surface area (Å²) in [5.74, 6) is -0.654. The van der Waals surface area contributed by atoms with E-state index in [1.807, 2.05) is 6.92 Å². The summed E-state index contributed by atoms with van der Waals surface area (Å²) >= 11 is 0. The molecule has 15 atom stereocenters. The van der Waals surface area contributed by atoms with Crippen molar-refractivity contribution in [3.05, 3.63) is 35.1 Å². The van der Waals surface area contributed by atoms with Crippen LogP contribution < -0.4 is 21.7 Å². The maximum absolute atomic E-state index is 11.5. The SMILES string of the molecule is CNC1C(OC2C(OC3C(O)C(O)C(OC(=N)N/C=C(\C)CC/C=C(\C)CCC=C(C)C)C(O)C3NC(=N)N)OC(C)C2(O)CO)OC(CO)C(O)C1O. The summed E-state index contributed by atoms with van der Waals surface area (Å²) in [7, 11) is 1.44. The molecule has 3 fully saturated rings. The first kappa shape index (κ1) is 45.6. The van der Waals surface area contributed by atoms with Gasteiger partial charge in [-0.05, 0) is 67.3 Å². The lowest BCUT2D eigenvalue weighted by Gasteiger charge is -2.47. The molecule has 310 valence electrons. The Kier molecular flexibility index (Phi) is 17.3. The largest absolute Gasteiger partial charge is 0.456 e. The molecule has 0 aromatic rings. The number of hydrogen-bond donors (Lipinski definition) is 14. The van der Waals surface area contributed by atoms with Gasteiger partial charge in [0.15, 0.2) is 24.6 Å². The summed E-state index contributed by atoms with van der Waals surface area (Å²) in [6.45, 7) is 7.86. The Morgan fingerprint density at radius 3 is 2.04 bits per heavy atom. The Bertz CT molecular complexity index is 1330. The average molecular weight is 775 g/mol. The molecule has 2 heterocycles. The predicted molar refractivity (Wildman–Crippen MR) is 195 cm³/mol. The number of guanidine groups is 1. The highest BCUT2D eigenvalue weighted by Gasteiger charge is 2.60. The van der Waals surface area contributed by atoms with E-state index in [0.717, 1.165) is 24.8 Å². The minimum absolute atomic E-state index is 0.548. The van der Waals surface area contributed by atoms with E-state index < -0.39 is 116 Å². The molecule has 1 saturated carbocycles. The Morgan fingerprint density at radius 1 is 0.815 bits per heavy atom. The fourth-order valence-electron chi connectivity index (χ4n) is 6.69. The molecule has 54 heavy (non-hydrogen) atoms. The van der Waals surface area contributed by atoms with Crippen LogP contribution in [0.25, 0.3) is 0 Å². The molecular formula is C35H62N6O13. The first-order valence-corrected chi connectivity index (χ1v) is 18.1. The predicted octanol–water partition coefficient (Wildman–Crippen LogP) is -2.51. The number of nitrogens with two attached hydrogens (primary N) is 1.